The van der Waals surface area contributed by atoms with E-state index in [1.165, 1.54) is 11.1 Å². The molecular formula is C23H32O3Si. The lowest BCUT2D eigenvalue weighted by Crippen LogP contribution is -2.46. The second-order valence-electron chi connectivity index (χ2n) is 9.41. The van der Waals surface area contributed by atoms with Crippen LogP contribution in [0, 0.1) is 13.8 Å². The van der Waals surface area contributed by atoms with Crippen LogP contribution in [0.3, 0.4) is 0 Å². The normalized spacial score (nSPS) is 20.8. The third kappa shape index (κ3) is 3.51. The molecule has 2 atom stereocenters. The molecule has 27 heavy (non-hydrogen) atoms. The Labute approximate surface area is 164 Å². The van der Waals surface area contributed by atoms with E-state index >= 15 is 0 Å². The van der Waals surface area contributed by atoms with E-state index in [2.05, 4.69) is 72.0 Å². The monoisotopic (exact) mass is 384 g/mol. The third-order valence-electron chi connectivity index (χ3n) is 6.37. The van der Waals surface area contributed by atoms with E-state index in [1.54, 1.807) is 7.11 Å². The van der Waals surface area contributed by atoms with Gasteiger partial charge in [0.15, 0.2) is 14.1 Å². The molecule has 0 aromatic heterocycles. The van der Waals surface area contributed by atoms with E-state index < -0.39 is 8.32 Å². The number of methoxy groups -OCH3 is 1. The van der Waals surface area contributed by atoms with E-state index in [0.717, 1.165) is 21.9 Å². The molecule has 0 amide bonds. The van der Waals surface area contributed by atoms with Crippen molar-refractivity contribution < 1.29 is 14.0 Å². The van der Waals surface area contributed by atoms with Crippen molar-refractivity contribution in [3.05, 3.63) is 46.5 Å². The molecule has 0 unspecified atom stereocenters. The molecule has 0 saturated heterocycles. The molecule has 0 bridgehead atoms. The van der Waals surface area contributed by atoms with E-state index in [0.29, 0.717) is 6.42 Å². The minimum Gasteiger partial charge on any atom is -0.407 e. The van der Waals surface area contributed by atoms with Crippen molar-refractivity contribution in [1.29, 1.82) is 0 Å². The molecule has 2 aromatic rings. The van der Waals surface area contributed by atoms with Crippen LogP contribution in [0.4, 0.5) is 0 Å². The van der Waals surface area contributed by atoms with Crippen molar-refractivity contribution in [2.24, 2.45) is 0 Å². The molecular weight excluding hydrogens is 352 g/mol. The summed E-state index contributed by atoms with van der Waals surface area (Å²) in [6.07, 6.45) is -0.0671. The fraction of sp³-hybridized carbons (Fsp3) is 0.522. The summed E-state index contributed by atoms with van der Waals surface area (Å²) in [5, 5.41) is 2.29. The number of rotatable bonds is 3. The van der Waals surface area contributed by atoms with Gasteiger partial charge in [-0.1, -0.05) is 50.6 Å². The number of ether oxygens (including phenoxy) is 1. The largest absolute Gasteiger partial charge is 0.407 e. The summed E-state index contributed by atoms with van der Waals surface area (Å²) in [5.41, 5.74) is 4.17. The van der Waals surface area contributed by atoms with Crippen molar-refractivity contribution >= 4 is 24.9 Å². The molecule has 146 valence electrons. The minimum atomic E-state index is -2.03. The van der Waals surface area contributed by atoms with Gasteiger partial charge in [0, 0.05) is 19.1 Å². The van der Waals surface area contributed by atoms with Crippen molar-refractivity contribution in [2.75, 3.05) is 7.11 Å². The average molecular weight is 385 g/mol. The highest BCUT2D eigenvalue weighted by Gasteiger charge is 2.44. The molecule has 2 aromatic carbocycles. The number of hydrogen-bond donors (Lipinski definition) is 0. The van der Waals surface area contributed by atoms with Crippen LogP contribution < -0.4 is 0 Å². The topological polar surface area (TPSA) is 35.5 Å². The van der Waals surface area contributed by atoms with Crippen LogP contribution in [0.2, 0.25) is 18.1 Å². The van der Waals surface area contributed by atoms with Gasteiger partial charge in [0.25, 0.3) is 0 Å². The van der Waals surface area contributed by atoms with Crippen LogP contribution in [0.15, 0.2) is 24.3 Å². The quantitative estimate of drug-likeness (QED) is 0.598. The number of Topliss-reactive ketones (excluding diaryl/α,β-unsaturated/α-hetero) is 1. The molecule has 0 saturated carbocycles. The van der Waals surface area contributed by atoms with Gasteiger partial charge >= 0.3 is 0 Å². The summed E-state index contributed by atoms with van der Waals surface area (Å²) in [7, 11) is -0.344. The van der Waals surface area contributed by atoms with E-state index in [9.17, 15) is 4.79 Å². The molecule has 0 N–H and O–H groups in total. The second kappa shape index (κ2) is 6.84. The SMILES string of the molecule is CO[C@@H]1CC(=O)c2c(cc(C)c3ccc(C)cc23)[C@H]1O[Si](C)(C)C(C)(C)C. The van der Waals surface area contributed by atoms with E-state index in [-0.39, 0.29) is 23.0 Å². The minimum absolute atomic E-state index is 0.0927. The van der Waals surface area contributed by atoms with Gasteiger partial charge in [-0.05, 0) is 53.9 Å². The Morgan fingerprint density at radius 2 is 1.74 bits per heavy atom. The first-order valence-electron chi connectivity index (χ1n) is 9.74. The number of aryl methyl sites for hydroxylation is 2. The molecule has 0 spiro atoms. The smallest absolute Gasteiger partial charge is 0.193 e. The van der Waals surface area contributed by atoms with Crippen LogP contribution in [-0.2, 0) is 9.16 Å². The van der Waals surface area contributed by atoms with Gasteiger partial charge in [-0.2, -0.15) is 0 Å². The predicted molar refractivity (Wildman–Crippen MR) is 114 cm³/mol. The average Bonchev–Trinajstić information content (AvgIpc) is 2.55. The maximum Gasteiger partial charge on any atom is 0.193 e. The molecule has 1 aliphatic carbocycles. The highest BCUT2D eigenvalue weighted by Crippen LogP contribution is 2.45. The molecule has 0 aliphatic heterocycles. The summed E-state index contributed by atoms with van der Waals surface area (Å²) in [4.78, 5) is 13.1. The summed E-state index contributed by atoms with van der Waals surface area (Å²) >= 11 is 0. The van der Waals surface area contributed by atoms with Gasteiger partial charge in [0.2, 0.25) is 0 Å². The first-order valence-corrected chi connectivity index (χ1v) is 12.6. The zero-order valence-electron chi connectivity index (χ0n) is 17.9. The Balaban J connectivity index is 2.23. The van der Waals surface area contributed by atoms with Crippen LogP contribution in [-0.4, -0.2) is 27.3 Å². The van der Waals surface area contributed by atoms with Crippen molar-refractivity contribution in [1.82, 2.24) is 0 Å². The number of carbonyl (C=O) groups is 1. The van der Waals surface area contributed by atoms with Gasteiger partial charge in [0.1, 0.15) is 0 Å². The Hall–Kier alpha value is -1.49. The van der Waals surface area contributed by atoms with E-state index in [4.69, 9.17) is 9.16 Å². The highest BCUT2D eigenvalue weighted by molar-refractivity contribution is 6.74. The zero-order chi connectivity index (χ0) is 20.1. The molecule has 0 heterocycles. The number of carbonyl (C=O) groups excluding carboxylic acids is 1. The van der Waals surface area contributed by atoms with Gasteiger partial charge in [-0.15, -0.1) is 0 Å². The summed E-state index contributed by atoms with van der Waals surface area (Å²) in [6, 6.07) is 8.51. The Kier molecular flexibility index (Phi) is 5.13. The fourth-order valence-corrected chi connectivity index (χ4v) is 4.98. The van der Waals surface area contributed by atoms with Gasteiger partial charge in [-0.25, -0.2) is 0 Å². The van der Waals surface area contributed by atoms with Crippen LogP contribution in [0.25, 0.3) is 10.8 Å². The second-order valence-corrected chi connectivity index (χ2v) is 14.2. The summed E-state index contributed by atoms with van der Waals surface area (Å²) in [6.45, 7) is 15.4. The number of fused-ring (bicyclic) bond motifs is 3. The maximum absolute atomic E-state index is 13.1. The van der Waals surface area contributed by atoms with Crippen LogP contribution in [0.1, 0.15) is 60.3 Å². The van der Waals surface area contributed by atoms with Crippen molar-refractivity contribution in [3.8, 4) is 0 Å². The Morgan fingerprint density at radius 3 is 2.33 bits per heavy atom. The summed E-state index contributed by atoms with van der Waals surface area (Å²) in [5.74, 6) is 0.155. The van der Waals surface area contributed by atoms with E-state index in [1.807, 2.05) is 0 Å². The maximum atomic E-state index is 13.1. The highest BCUT2D eigenvalue weighted by atomic mass is 28.4. The molecule has 3 nitrogen and oxygen atoms in total. The van der Waals surface area contributed by atoms with Gasteiger partial charge < -0.3 is 9.16 Å². The number of benzene rings is 2. The fourth-order valence-electron chi connectivity index (χ4n) is 3.72. The molecule has 0 fully saturated rings. The molecule has 4 heteroatoms. The van der Waals surface area contributed by atoms with Gasteiger partial charge in [-0.3, -0.25) is 4.79 Å². The number of hydrogen-bond acceptors (Lipinski definition) is 3. The zero-order valence-corrected chi connectivity index (χ0v) is 18.9. The molecule has 3 rings (SSSR count). The van der Waals surface area contributed by atoms with Crippen LogP contribution >= 0.6 is 0 Å². The first-order chi connectivity index (χ1) is 12.5. The lowest BCUT2D eigenvalue weighted by atomic mass is 9.81. The standard InChI is InChI=1S/C23H32O3Si/c1-14-9-10-16-15(2)12-18-21(17(16)11-14)19(24)13-20(25-6)22(18)26-27(7,8)23(3,4)5/h9-12,20,22H,13H2,1-8H3/t20-,22-/m1/s1. The third-order valence-corrected chi connectivity index (χ3v) is 10.8. The van der Waals surface area contributed by atoms with Crippen LogP contribution in [0.5, 0.6) is 0 Å². The Morgan fingerprint density at radius 1 is 1.07 bits per heavy atom. The first kappa shape index (κ1) is 20.2. The summed E-state index contributed by atoms with van der Waals surface area (Å²) < 4.78 is 12.6. The predicted octanol–water partition coefficient (Wildman–Crippen LogP) is 6.12. The lowest BCUT2D eigenvalue weighted by molar-refractivity contribution is -0.0126. The van der Waals surface area contributed by atoms with Crippen molar-refractivity contribution in [3.63, 3.8) is 0 Å². The lowest BCUT2D eigenvalue weighted by Gasteiger charge is -2.43. The number of ketones is 1. The van der Waals surface area contributed by atoms with Crippen molar-refractivity contribution in [2.45, 2.75) is 71.4 Å². The molecule has 0 radical (unpaired) electrons. The molecule has 1 aliphatic rings. The Bertz CT molecular complexity index is 893. The van der Waals surface area contributed by atoms with Gasteiger partial charge in [0.05, 0.1) is 12.2 Å².